The fourth-order valence-corrected chi connectivity index (χ4v) is 2.45. The Hall–Kier alpha value is -1.19. The van der Waals surface area contributed by atoms with Crippen molar-refractivity contribution in [3.05, 3.63) is 5.69 Å². The third-order valence-electron chi connectivity index (χ3n) is 3.73. The van der Waals surface area contributed by atoms with Gasteiger partial charge in [0.25, 0.3) is 0 Å². The first-order valence-corrected chi connectivity index (χ1v) is 6.58. The highest BCUT2D eigenvalue weighted by Gasteiger charge is 2.34. The van der Waals surface area contributed by atoms with Gasteiger partial charge in [-0.1, -0.05) is 13.8 Å². The molecule has 1 aromatic heterocycles. The van der Waals surface area contributed by atoms with Crippen LogP contribution in [0, 0.1) is 18.8 Å². The molecule has 1 fully saturated rings. The highest BCUT2D eigenvalue weighted by atomic mass is 15.4. The lowest BCUT2D eigenvalue weighted by atomic mass is 10.3. The Morgan fingerprint density at radius 3 is 2.71 bits per heavy atom. The summed E-state index contributed by atoms with van der Waals surface area (Å²) in [6.45, 7) is 8.51. The summed E-state index contributed by atoms with van der Waals surface area (Å²) in [4.78, 5) is 2.28. The predicted octanol–water partition coefficient (Wildman–Crippen LogP) is 2.28. The minimum absolute atomic E-state index is 0.838. The summed E-state index contributed by atoms with van der Waals surface area (Å²) in [5.74, 6) is 2.82. The van der Waals surface area contributed by atoms with E-state index in [1.807, 2.05) is 6.92 Å². The molecule has 0 bridgehead atoms. The normalized spacial score (nSPS) is 22.8. The summed E-state index contributed by atoms with van der Waals surface area (Å²) in [5, 5.41) is 4.52. The van der Waals surface area contributed by atoms with Crippen LogP contribution >= 0.6 is 0 Å². The standard InChI is InChI=1S/C13H24N4/c1-5-6-17-13(12(14)10(3)15-17)16(4)8-11-7-9(11)2/h9,11H,5-8,14H2,1-4H3. The number of anilines is 2. The van der Waals surface area contributed by atoms with Crippen LogP contribution in [0.5, 0.6) is 0 Å². The number of aromatic nitrogens is 2. The lowest BCUT2D eigenvalue weighted by Crippen LogP contribution is -2.24. The van der Waals surface area contributed by atoms with E-state index in [1.165, 1.54) is 6.42 Å². The maximum atomic E-state index is 6.14. The zero-order valence-electron chi connectivity index (χ0n) is 11.4. The van der Waals surface area contributed by atoms with Crippen molar-refractivity contribution in [2.75, 3.05) is 24.2 Å². The van der Waals surface area contributed by atoms with Crippen molar-refractivity contribution in [2.45, 2.75) is 40.2 Å². The Morgan fingerprint density at radius 1 is 1.53 bits per heavy atom. The summed E-state index contributed by atoms with van der Waals surface area (Å²) in [7, 11) is 2.13. The van der Waals surface area contributed by atoms with Crippen LogP contribution in [0.15, 0.2) is 0 Å². The van der Waals surface area contributed by atoms with E-state index in [2.05, 4.69) is 35.6 Å². The molecule has 2 N–H and O–H groups in total. The summed E-state index contributed by atoms with van der Waals surface area (Å²) in [6, 6.07) is 0. The van der Waals surface area contributed by atoms with E-state index in [1.54, 1.807) is 0 Å². The third kappa shape index (κ3) is 2.40. The van der Waals surface area contributed by atoms with Crippen molar-refractivity contribution in [3.8, 4) is 0 Å². The highest BCUT2D eigenvalue weighted by molar-refractivity contribution is 5.66. The average Bonchev–Trinajstić information content (AvgIpc) is 2.85. The van der Waals surface area contributed by atoms with Gasteiger partial charge in [-0.05, 0) is 31.6 Å². The van der Waals surface area contributed by atoms with Crippen molar-refractivity contribution < 1.29 is 0 Å². The Bertz CT molecular complexity index is 396. The van der Waals surface area contributed by atoms with Crippen LogP contribution in [-0.2, 0) is 6.54 Å². The van der Waals surface area contributed by atoms with Crippen LogP contribution in [0.25, 0.3) is 0 Å². The van der Waals surface area contributed by atoms with Gasteiger partial charge in [0.1, 0.15) is 5.82 Å². The molecule has 4 nitrogen and oxygen atoms in total. The Kier molecular flexibility index (Phi) is 3.31. The van der Waals surface area contributed by atoms with Gasteiger partial charge in [-0.2, -0.15) is 5.10 Å². The Morgan fingerprint density at radius 2 is 2.18 bits per heavy atom. The van der Waals surface area contributed by atoms with E-state index in [0.717, 1.165) is 48.5 Å². The van der Waals surface area contributed by atoms with Gasteiger partial charge in [0.05, 0.1) is 11.4 Å². The molecule has 2 atom stereocenters. The first-order chi connectivity index (χ1) is 8.04. The zero-order chi connectivity index (χ0) is 12.6. The Labute approximate surface area is 104 Å². The topological polar surface area (TPSA) is 47.1 Å². The van der Waals surface area contributed by atoms with Gasteiger partial charge in [0.2, 0.25) is 0 Å². The number of aryl methyl sites for hydroxylation is 2. The lowest BCUT2D eigenvalue weighted by molar-refractivity contribution is 0.585. The molecule has 2 rings (SSSR count). The van der Waals surface area contributed by atoms with Crippen LogP contribution < -0.4 is 10.6 Å². The molecule has 1 aliphatic rings. The molecule has 96 valence electrons. The van der Waals surface area contributed by atoms with Crippen LogP contribution in [0.3, 0.4) is 0 Å². The number of nitrogens with two attached hydrogens (primary N) is 1. The molecule has 4 heteroatoms. The van der Waals surface area contributed by atoms with Crippen LogP contribution in [0.4, 0.5) is 11.5 Å². The van der Waals surface area contributed by atoms with E-state index in [4.69, 9.17) is 5.73 Å². The largest absolute Gasteiger partial charge is 0.394 e. The van der Waals surface area contributed by atoms with Crippen molar-refractivity contribution in [1.29, 1.82) is 0 Å². The Balaban J connectivity index is 2.16. The molecule has 2 unspecified atom stereocenters. The van der Waals surface area contributed by atoms with Crippen molar-refractivity contribution in [3.63, 3.8) is 0 Å². The molecule has 1 aromatic rings. The summed E-state index contributed by atoms with van der Waals surface area (Å²) in [5.41, 5.74) is 7.93. The molecule has 1 heterocycles. The smallest absolute Gasteiger partial charge is 0.150 e. The van der Waals surface area contributed by atoms with E-state index < -0.39 is 0 Å². The lowest BCUT2D eigenvalue weighted by Gasteiger charge is -2.21. The van der Waals surface area contributed by atoms with Gasteiger partial charge >= 0.3 is 0 Å². The summed E-state index contributed by atoms with van der Waals surface area (Å²) in [6.07, 6.45) is 2.44. The monoisotopic (exact) mass is 236 g/mol. The molecule has 0 saturated heterocycles. The minimum Gasteiger partial charge on any atom is -0.394 e. The maximum absolute atomic E-state index is 6.14. The summed E-state index contributed by atoms with van der Waals surface area (Å²) < 4.78 is 2.05. The second-order valence-electron chi connectivity index (χ2n) is 5.40. The van der Waals surface area contributed by atoms with E-state index in [0.29, 0.717) is 0 Å². The molecule has 0 aromatic carbocycles. The minimum atomic E-state index is 0.838. The molecular formula is C13H24N4. The van der Waals surface area contributed by atoms with Gasteiger partial charge in [-0.25, -0.2) is 4.68 Å². The highest BCUT2D eigenvalue weighted by Crippen LogP contribution is 2.39. The second-order valence-corrected chi connectivity index (χ2v) is 5.40. The van der Waals surface area contributed by atoms with Crippen molar-refractivity contribution >= 4 is 11.5 Å². The molecule has 1 saturated carbocycles. The number of hydrogen-bond donors (Lipinski definition) is 1. The summed E-state index contributed by atoms with van der Waals surface area (Å²) >= 11 is 0. The van der Waals surface area contributed by atoms with Gasteiger partial charge in [0, 0.05) is 20.1 Å². The van der Waals surface area contributed by atoms with Gasteiger partial charge in [-0.3, -0.25) is 0 Å². The number of rotatable bonds is 5. The predicted molar refractivity (Wildman–Crippen MR) is 72.2 cm³/mol. The van der Waals surface area contributed by atoms with E-state index >= 15 is 0 Å². The fraction of sp³-hybridized carbons (Fsp3) is 0.769. The molecular weight excluding hydrogens is 212 g/mol. The second kappa shape index (κ2) is 4.59. The SMILES string of the molecule is CCCn1nc(C)c(N)c1N(C)CC1CC1C. The molecule has 0 aliphatic heterocycles. The average molecular weight is 236 g/mol. The van der Waals surface area contributed by atoms with E-state index in [9.17, 15) is 0 Å². The number of hydrogen-bond acceptors (Lipinski definition) is 3. The van der Waals surface area contributed by atoms with Crippen molar-refractivity contribution in [2.24, 2.45) is 11.8 Å². The van der Waals surface area contributed by atoms with E-state index in [-0.39, 0.29) is 0 Å². The number of nitrogen functional groups attached to an aromatic ring is 1. The van der Waals surface area contributed by atoms with Crippen LogP contribution in [0.1, 0.15) is 32.4 Å². The maximum Gasteiger partial charge on any atom is 0.150 e. The van der Waals surface area contributed by atoms with Gasteiger partial charge in [0.15, 0.2) is 0 Å². The van der Waals surface area contributed by atoms with Crippen LogP contribution in [-0.4, -0.2) is 23.4 Å². The molecule has 0 spiro atoms. The molecule has 0 radical (unpaired) electrons. The van der Waals surface area contributed by atoms with Gasteiger partial charge in [-0.15, -0.1) is 0 Å². The quantitative estimate of drug-likeness (QED) is 0.853. The van der Waals surface area contributed by atoms with Crippen molar-refractivity contribution in [1.82, 2.24) is 9.78 Å². The number of nitrogens with zero attached hydrogens (tertiary/aromatic N) is 3. The van der Waals surface area contributed by atoms with Gasteiger partial charge < -0.3 is 10.6 Å². The molecule has 17 heavy (non-hydrogen) atoms. The first-order valence-electron chi connectivity index (χ1n) is 6.58. The first kappa shape index (κ1) is 12.3. The zero-order valence-corrected chi connectivity index (χ0v) is 11.4. The molecule has 1 aliphatic carbocycles. The third-order valence-corrected chi connectivity index (χ3v) is 3.73. The molecule has 0 amide bonds. The van der Waals surface area contributed by atoms with Crippen LogP contribution in [0.2, 0.25) is 0 Å². The fourth-order valence-electron chi connectivity index (χ4n) is 2.45.